The molecule has 2 aromatic heterocycles. The van der Waals surface area contributed by atoms with Crippen molar-refractivity contribution < 1.29 is 4.52 Å². The average Bonchev–Trinajstić information content (AvgIpc) is 3.03. The van der Waals surface area contributed by atoms with Crippen molar-refractivity contribution in [1.29, 1.82) is 0 Å². The number of aryl methyl sites for hydroxylation is 1. The van der Waals surface area contributed by atoms with Crippen LogP contribution in [0.3, 0.4) is 0 Å². The second-order valence-electron chi connectivity index (χ2n) is 5.42. The lowest BCUT2D eigenvalue weighted by Crippen LogP contribution is -2.24. The van der Waals surface area contributed by atoms with Crippen LogP contribution in [-0.4, -0.2) is 33.0 Å². The van der Waals surface area contributed by atoms with E-state index >= 15 is 0 Å². The summed E-state index contributed by atoms with van der Waals surface area (Å²) in [5.41, 5.74) is 0.802. The number of hydrogen-bond donors (Lipinski definition) is 1. The van der Waals surface area contributed by atoms with Gasteiger partial charge in [-0.25, -0.2) is 0 Å². The van der Waals surface area contributed by atoms with Crippen LogP contribution in [0.1, 0.15) is 19.7 Å². The van der Waals surface area contributed by atoms with E-state index in [9.17, 15) is 4.79 Å². The molecule has 120 valence electrons. The van der Waals surface area contributed by atoms with E-state index in [0.29, 0.717) is 24.2 Å². The van der Waals surface area contributed by atoms with Gasteiger partial charge < -0.3 is 9.84 Å². The summed E-state index contributed by atoms with van der Waals surface area (Å²) >= 11 is 0. The van der Waals surface area contributed by atoms with Gasteiger partial charge in [0.25, 0.3) is 5.89 Å². The fourth-order valence-electron chi connectivity index (χ4n) is 2.43. The zero-order chi connectivity index (χ0) is 16.4. The van der Waals surface area contributed by atoms with Gasteiger partial charge in [0, 0.05) is 24.4 Å². The van der Waals surface area contributed by atoms with Crippen LogP contribution in [0.2, 0.25) is 0 Å². The summed E-state index contributed by atoms with van der Waals surface area (Å²) in [6, 6.07) is 7.61. The van der Waals surface area contributed by atoms with Gasteiger partial charge in [0.1, 0.15) is 0 Å². The fraction of sp³-hybridized carbons (Fsp3) is 0.375. The topological polar surface area (TPSA) is 85.8 Å². The van der Waals surface area contributed by atoms with E-state index in [1.54, 1.807) is 10.7 Å². The van der Waals surface area contributed by atoms with Crippen LogP contribution in [0.5, 0.6) is 0 Å². The second kappa shape index (κ2) is 6.29. The molecule has 0 bridgehead atoms. The minimum atomic E-state index is -0.192. The lowest BCUT2D eigenvalue weighted by molar-refractivity contribution is 0.415. The first-order valence-electron chi connectivity index (χ1n) is 7.64. The monoisotopic (exact) mass is 313 g/mol. The van der Waals surface area contributed by atoms with E-state index in [0.717, 1.165) is 5.52 Å². The van der Waals surface area contributed by atoms with Crippen molar-refractivity contribution >= 4 is 10.9 Å². The Kier molecular flexibility index (Phi) is 4.20. The number of fused-ring (bicyclic) bond motifs is 1. The standard InChI is InChI=1S/C16H19N5O2/c1-4-21-12-8-6-5-7-11(12)15(22)14(19-21)16-18-13(20-23-16)9-10(2)17-3/h5-8,10,17H,4,9H2,1-3H3. The third kappa shape index (κ3) is 2.87. The van der Waals surface area contributed by atoms with Crippen molar-refractivity contribution in [2.24, 2.45) is 0 Å². The Morgan fingerprint density at radius 2 is 2.13 bits per heavy atom. The number of aromatic nitrogens is 4. The summed E-state index contributed by atoms with van der Waals surface area (Å²) in [7, 11) is 1.87. The lowest BCUT2D eigenvalue weighted by atomic mass is 10.2. The molecule has 7 nitrogen and oxygen atoms in total. The molecule has 2 heterocycles. The molecular weight excluding hydrogens is 294 g/mol. The first-order valence-corrected chi connectivity index (χ1v) is 7.64. The van der Waals surface area contributed by atoms with Crippen molar-refractivity contribution in [2.45, 2.75) is 32.9 Å². The molecule has 0 aliphatic carbocycles. The Labute approximate surface area is 133 Å². The van der Waals surface area contributed by atoms with Gasteiger partial charge in [-0.1, -0.05) is 17.3 Å². The van der Waals surface area contributed by atoms with Crippen molar-refractivity contribution in [2.75, 3.05) is 7.05 Å². The van der Waals surface area contributed by atoms with E-state index in [2.05, 4.69) is 20.6 Å². The summed E-state index contributed by atoms with van der Waals surface area (Å²) in [5, 5.41) is 12.0. The van der Waals surface area contributed by atoms with Gasteiger partial charge in [-0.3, -0.25) is 9.48 Å². The number of likely N-dealkylation sites (N-methyl/N-ethyl adjacent to an activating group) is 1. The molecular formula is C16H19N5O2. The number of benzene rings is 1. The molecule has 7 heteroatoms. The van der Waals surface area contributed by atoms with Crippen LogP contribution in [0.25, 0.3) is 22.5 Å². The predicted molar refractivity (Wildman–Crippen MR) is 87.2 cm³/mol. The normalized spacial score (nSPS) is 12.7. The Morgan fingerprint density at radius 3 is 2.87 bits per heavy atom. The maximum Gasteiger partial charge on any atom is 0.282 e. The highest BCUT2D eigenvalue weighted by atomic mass is 16.5. The molecule has 1 N–H and O–H groups in total. The van der Waals surface area contributed by atoms with Crippen LogP contribution in [0, 0.1) is 0 Å². The minimum Gasteiger partial charge on any atom is -0.332 e. The summed E-state index contributed by atoms with van der Waals surface area (Å²) in [6.07, 6.45) is 0.621. The van der Waals surface area contributed by atoms with Crippen LogP contribution in [-0.2, 0) is 13.0 Å². The summed E-state index contributed by atoms with van der Waals surface area (Å²) in [5.74, 6) is 0.723. The fourth-order valence-corrected chi connectivity index (χ4v) is 2.43. The van der Waals surface area contributed by atoms with Crippen LogP contribution in [0.4, 0.5) is 0 Å². The molecule has 3 rings (SSSR count). The molecule has 0 spiro atoms. The van der Waals surface area contributed by atoms with E-state index in [4.69, 9.17) is 4.52 Å². The van der Waals surface area contributed by atoms with Gasteiger partial charge in [0.2, 0.25) is 5.43 Å². The minimum absolute atomic E-state index is 0.168. The van der Waals surface area contributed by atoms with Crippen LogP contribution in [0.15, 0.2) is 33.6 Å². The zero-order valence-electron chi connectivity index (χ0n) is 13.4. The highest BCUT2D eigenvalue weighted by Gasteiger charge is 2.18. The molecule has 3 aromatic rings. The molecule has 0 amide bonds. The number of nitrogens with one attached hydrogen (secondary N) is 1. The molecule has 0 fully saturated rings. The molecule has 0 radical (unpaired) electrons. The van der Waals surface area contributed by atoms with Crippen molar-refractivity contribution in [1.82, 2.24) is 25.2 Å². The van der Waals surface area contributed by atoms with Crippen molar-refractivity contribution in [3.8, 4) is 11.6 Å². The van der Waals surface area contributed by atoms with Crippen molar-refractivity contribution in [3.05, 3.63) is 40.3 Å². The van der Waals surface area contributed by atoms with E-state index < -0.39 is 0 Å². The van der Waals surface area contributed by atoms with Gasteiger partial charge in [0.15, 0.2) is 11.5 Å². The second-order valence-corrected chi connectivity index (χ2v) is 5.42. The van der Waals surface area contributed by atoms with Crippen LogP contribution >= 0.6 is 0 Å². The SMILES string of the molecule is CCn1nc(-c2nc(CC(C)NC)no2)c(=O)c2ccccc21. The maximum absolute atomic E-state index is 12.7. The van der Waals surface area contributed by atoms with Crippen molar-refractivity contribution in [3.63, 3.8) is 0 Å². The molecule has 0 saturated heterocycles. The number of hydrogen-bond acceptors (Lipinski definition) is 6. The van der Waals surface area contributed by atoms with Gasteiger partial charge in [-0.2, -0.15) is 10.1 Å². The van der Waals surface area contributed by atoms with Gasteiger partial charge in [0.05, 0.1) is 5.52 Å². The number of para-hydroxylation sites is 1. The molecule has 0 aliphatic rings. The smallest absolute Gasteiger partial charge is 0.282 e. The summed E-state index contributed by atoms with van der Waals surface area (Å²) in [6.45, 7) is 4.64. The number of rotatable bonds is 5. The highest BCUT2D eigenvalue weighted by molar-refractivity contribution is 5.81. The summed E-state index contributed by atoms with van der Waals surface area (Å²) in [4.78, 5) is 17.0. The van der Waals surface area contributed by atoms with E-state index in [1.165, 1.54) is 0 Å². The molecule has 0 saturated carbocycles. The predicted octanol–water partition coefficient (Wildman–Crippen LogP) is 1.62. The first kappa shape index (κ1) is 15.4. The molecule has 23 heavy (non-hydrogen) atoms. The Hall–Kier alpha value is -2.54. The number of nitrogens with zero attached hydrogens (tertiary/aromatic N) is 4. The average molecular weight is 313 g/mol. The molecule has 1 atom stereocenters. The Bertz CT molecular complexity index is 884. The van der Waals surface area contributed by atoms with Gasteiger partial charge in [-0.05, 0) is 33.0 Å². The largest absolute Gasteiger partial charge is 0.332 e. The van der Waals surface area contributed by atoms with E-state index in [-0.39, 0.29) is 23.1 Å². The third-order valence-electron chi connectivity index (χ3n) is 3.81. The van der Waals surface area contributed by atoms with Crippen LogP contribution < -0.4 is 10.7 Å². The van der Waals surface area contributed by atoms with Gasteiger partial charge >= 0.3 is 0 Å². The maximum atomic E-state index is 12.7. The van der Waals surface area contributed by atoms with E-state index in [1.807, 2.05) is 39.1 Å². The first-order chi connectivity index (χ1) is 11.1. The third-order valence-corrected chi connectivity index (χ3v) is 3.81. The quantitative estimate of drug-likeness (QED) is 0.770. The highest BCUT2D eigenvalue weighted by Crippen LogP contribution is 2.16. The lowest BCUT2D eigenvalue weighted by Gasteiger charge is -2.08. The molecule has 1 unspecified atom stereocenters. The molecule has 0 aliphatic heterocycles. The van der Waals surface area contributed by atoms with Gasteiger partial charge in [-0.15, -0.1) is 0 Å². The Balaban J connectivity index is 2.10. The molecule has 1 aromatic carbocycles. The zero-order valence-corrected chi connectivity index (χ0v) is 13.4. The Morgan fingerprint density at radius 1 is 1.35 bits per heavy atom. The summed E-state index contributed by atoms with van der Waals surface area (Å²) < 4.78 is 7.03.